The molecule has 0 saturated carbocycles. The lowest BCUT2D eigenvalue weighted by Crippen LogP contribution is -2.43. The fourth-order valence-electron chi connectivity index (χ4n) is 1.31. The van der Waals surface area contributed by atoms with E-state index in [9.17, 15) is 4.79 Å². The Balaban J connectivity index is 4.15. The van der Waals surface area contributed by atoms with E-state index in [0.29, 0.717) is 17.9 Å². The standard InChI is InChI=1S/C11H22BrNO/c1-6-9(7(2)3)13-11(14)10(12)8(4)5/h7-10H,6H2,1-5H3,(H,13,14). The molecule has 0 aliphatic carbocycles. The van der Waals surface area contributed by atoms with Crippen molar-refractivity contribution in [2.24, 2.45) is 11.8 Å². The molecule has 84 valence electrons. The highest BCUT2D eigenvalue weighted by atomic mass is 79.9. The largest absolute Gasteiger partial charge is 0.352 e. The van der Waals surface area contributed by atoms with E-state index in [-0.39, 0.29) is 10.7 Å². The summed E-state index contributed by atoms with van der Waals surface area (Å²) < 4.78 is 0. The maximum absolute atomic E-state index is 11.7. The zero-order chi connectivity index (χ0) is 11.3. The predicted molar refractivity (Wildman–Crippen MR) is 64.6 cm³/mol. The Morgan fingerprint density at radius 3 is 2.00 bits per heavy atom. The topological polar surface area (TPSA) is 29.1 Å². The monoisotopic (exact) mass is 263 g/mol. The predicted octanol–water partition coefficient (Wildman–Crippen LogP) is 2.96. The number of nitrogens with one attached hydrogen (secondary N) is 1. The van der Waals surface area contributed by atoms with Gasteiger partial charge < -0.3 is 5.32 Å². The summed E-state index contributed by atoms with van der Waals surface area (Å²) in [6.07, 6.45) is 0.987. The molecular weight excluding hydrogens is 242 g/mol. The summed E-state index contributed by atoms with van der Waals surface area (Å²) in [5.74, 6) is 0.941. The molecular formula is C11H22BrNO. The van der Waals surface area contributed by atoms with E-state index in [0.717, 1.165) is 6.42 Å². The summed E-state index contributed by atoms with van der Waals surface area (Å²) in [5, 5.41) is 3.06. The van der Waals surface area contributed by atoms with Gasteiger partial charge in [-0.1, -0.05) is 50.5 Å². The molecule has 1 N–H and O–H groups in total. The Labute approximate surface area is 96.0 Å². The molecule has 2 atom stereocenters. The molecule has 0 rings (SSSR count). The Morgan fingerprint density at radius 1 is 1.21 bits per heavy atom. The first-order valence-electron chi connectivity index (χ1n) is 5.34. The van der Waals surface area contributed by atoms with E-state index in [1.54, 1.807) is 0 Å². The van der Waals surface area contributed by atoms with Crippen LogP contribution in [-0.4, -0.2) is 16.8 Å². The molecule has 3 heteroatoms. The third-order valence-electron chi connectivity index (χ3n) is 2.41. The first-order valence-corrected chi connectivity index (χ1v) is 6.26. The Hall–Kier alpha value is -0.0500. The highest BCUT2D eigenvalue weighted by molar-refractivity contribution is 9.10. The second-order valence-electron chi connectivity index (χ2n) is 4.41. The van der Waals surface area contributed by atoms with Gasteiger partial charge in [0.05, 0.1) is 4.83 Å². The van der Waals surface area contributed by atoms with Crippen molar-refractivity contribution in [3.8, 4) is 0 Å². The third-order valence-corrected chi connectivity index (χ3v) is 3.88. The molecule has 0 aromatic carbocycles. The van der Waals surface area contributed by atoms with Crippen LogP contribution in [0.4, 0.5) is 0 Å². The molecule has 0 saturated heterocycles. The highest BCUT2D eigenvalue weighted by Crippen LogP contribution is 2.13. The van der Waals surface area contributed by atoms with E-state index >= 15 is 0 Å². The van der Waals surface area contributed by atoms with Crippen molar-refractivity contribution < 1.29 is 4.79 Å². The molecule has 2 nitrogen and oxygen atoms in total. The van der Waals surface area contributed by atoms with E-state index in [1.165, 1.54) is 0 Å². The summed E-state index contributed by atoms with van der Waals surface area (Å²) in [6.45, 7) is 10.4. The molecule has 0 spiro atoms. The maximum Gasteiger partial charge on any atom is 0.234 e. The van der Waals surface area contributed by atoms with Crippen molar-refractivity contribution in [1.29, 1.82) is 0 Å². The number of alkyl halides is 1. The highest BCUT2D eigenvalue weighted by Gasteiger charge is 2.22. The number of rotatable bonds is 5. The molecule has 0 aromatic heterocycles. The molecule has 0 fully saturated rings. The number of halogens is 1. The normalized spacial score (nSPS) is 15.7. The maximum atomic E-state index is 11.7. The number of carbonyl (C=O) groups is 1. The minimum atomic E-state index is -0.0738. The second-order valence-corrected chi connectivity index (χ2v) is 5.40. The Morgan fingerprint density at radius 2 is 1.71 bits per heavy atom. The molecule has 0 radical (unpaired) electrons. The van der Waals surface area contributed by atoms with Crippen LogP contribution >= 0.6 is 15.9 Å². The van der Waals surface area contributed by atoms with Gasteiger partial charge in [-0.05, 0) is 18.3 Å². The van der Waals surface area contributed by atoms with Gasteiger partial charge in [-0.2, -0.15) is 0 Å². The van der Waals surface area contributed by atoms with Crippen molar-refractivity contribution in [2.45, 2.75) is 51.9 Å². The van der Waals surface area contributed by atoms with Crippen LogP contribution in [0.2, 0.25) is 0 Å². The Bertz CT molecular complexity index is 180. The average molecular weight is 264 g/mol. The summed E-state index contributed by atoms with van der Waals surface area (Å²) in [7, 11) is 0. The fraction of sp³-hybridized carbons (Fsp3) is 0.909. The van der Waals surface area contributed by atoms with Crippen LogP contribution < -0.4 is 5.32 Å². The lowest BCUT2D eigenvalue weighted by Gasteiger charge is -2.23. The quantitative estimate of drug-likeness (QED) is 0.760. The fourth-order valence-corrected chi connectivity index (χ4v) is 1.44. The van der Waals surface area contributed by atoms with E-state index in [4.69, 9.17) is 0 Å². The number of amides is 1. The lowest BCUT2D eigenvalue weighted by atomic mass is 10.0. The van der Waals surface area contributed by atoms with Crippen molar-refractivity contribution in [1.82, 2.24) is 5.32 Å². The minimum absolute atomic E-state index is 0.0738. The summed E-state index contributed by atoms with van der Waals surface area (Å²) in [5.41, 5.74) is 0. The van der Waals surface area contributed by atoms with Crippen LogP contribution in [0.25, 0.3) is 0 Å². The van der Waals surface area contributed by atoms with Gasteiger partial charge in [0.1, 0.15) is 0 Å². The SMILES string of the molecule is CCC(NC(=O)C(Br)C(C)C)C(C)C. The van der Waals surface area contributed by atoms with E-state index in [1.807, 2.05) is 13.8 Å². The van der Waals surface area contributed by atoms with Gasteiger partial charge in [0.25, 0.3) is 0 Å². The van der Waals surface area contributed by atoms with Crippen molar-refractivity contribution in [3.05, 3.63) is 0 Å². The summed E-state index contributed by atoms with van der Waals surface area (Å²) >= 11 is 3.40. The molecule has 0 bridgehead atoms. The van der Waals surface area contributed by atoms with Crippen LogP contribution in [0.5, 0.6) is 0 Å². The van der Waals surface area contributed by atoms with Crippen LogP contribution in [0.1, 0.15) is 41.0 Å². The van der Waals surface area contributed by atoms with Gasteiger partial charge in [0, 0.05) is 6.04 Å². The van der Waals surface area contributed by atoms with E-state index in [2.05, 4.69) is 42.0 Å². The van der Waals surface area contributed by atoms with Crippen molar-refractivity contribution in [2.75, 3.05) is 0 Å². The zero-order valence-corrected chi connectivity index (χ0v) is 11.4. The first-order chi connectivity index (χ1) is 6.40. The van der Waals surface area contributed by atoms with Crippen LogP contribution in [-0.2, 0) is 4.79 Å². The second kappa shape index (κ2) is 6.44. The molecule has 2 unspecified atom stereocenters. The number of hydrogen-bond acceptors (Lipinski definition) is 1. The molecule has 0 aliphatic heterocycles. The first kappa shape index (κ1) is 13.9. The summed E-state index contributed by atoms with van der Waals surface area (Å²) in [4.78, 5) is 11.6. The smallest absolute Gasteiger partial charge is 0.234 e. The van der Waals surface area contributed by atoms with Crippen LogP contribution in [0.15, 0.2) is 0 Å². The van der Waals surface area contributed by atoms with E-state index < -0.39 is 0 Å². The van der Waals surface area contributed by atoms with Crippen molar-refractivity contribution >= 4 is 21.8 Å². The van der Waals surface area contributed by atoms with Gasteiger partial charge in [0.15, 0.2) is 0 Å². The van der Waals surface area contributed by atoms with Gasteiger partial charge in [0.2, 0.25) is 5.91 Å². The van der Waals surface area contributed by atoms with Crippen LogP contribution in [0.3, 0.4) is 0 Å². The molecule has 0 aromatic rings. The van der Waals surface area contributed by atoms with Gasteiger partial charge >= 0.3 is 0 Å². The van der Waals surface area contributed by atoms with Crippen LogP contribution in [0, 0.1) is 11.8 Å². The van der Waals surface area contributed by atoms with Gasteiger partial charge in [-0.3, -0.25) is 4.79 Å². The summed E-state index contributed by atoms with van der Waals surface area (Å²) in [6, 6.07) is 0.293. The molecule has 0 aliphatic rings. The molecule has 14 heavy (non-hydrogen) atoms. The molecule has 1 amide bonds. The van der Waals surface area contributed by atoms with Crippen molar-refractivity contribution in [3.63, 3.8) is 0 Å². The zero-order valence-electron chi connectivity index (χ0n) is 9.80. The molecule has 0 heterocycles. The third kappa shape index (κ3) is 4.45. The average Bonchev–Trinajstić information content (AvgIpc) is 2.11. The minimum Gasteiger partial charge on any atom is -0.352 e. The van der Waals surface area contributed by atoms with Gasteiger partial charge in [-0.15, -0.1) is 0 Å². The number of hydrogen-bond donors (Lipinski definition) is 1. The number of carbonyl (C=O) groups excluding carboxylic acids is 1. The van der Waals surface area contributed by atoms with Gasteiger partial charge in [-0.25, -0.2) is 0 Å². The Kier molecular flexibility index (Phi) is 6.41. The lowest BCUT2D eigenvalue weighted by molar-refractivity contribution is -0.122.